The molecule has 0 saturated heterocycles. The molecule has 1 aromatic rings. The quantitative estimate of drug-likeness (QED) is 0.790. The Bertz CT molecular complexity index is 367. The Balaban J connectivity index is 2.34. The van der Waals surface area contributed by atoms with Gasteiger partial charge in [-0.25, -0.2) is 4.98 Å². The number of nitrogens with one attached hydrogen (secondary N) is 2. The first-order valence-corrected chi connectivity index (χ1v) is 6.13. The predicted octanol–water partition coefficient (Wildman–Crippen LogP) is 0.614. The molecule has 2 N–H and O–H groups in total. The molecular weight excluding hydrogens is 329 g/mol. The molecule has 0 aliphatic rings. The number of amides is 2. The first-order valence-electron chi connectivity index (χ1n) is 4.23. The van der Waals surface area contributed by atoms with Crippen molar-refractivity contribution in [2.75, 3.05) is 13.6 Å². The van der Waals surface area contributed by atoms with Gasteiger partial charge >= 0.3 is 0 Å². The standard InChI is InChI=1S/C8H10IN3O2S/c1-10-6(13)2-3-11-7(14)5-4-12-8(9)15-5/h4H,2-3H2,1H3,(H,10,13)(H,11,14). The van der Waals surface area contributed by atoms with Crippen molar-refractivity contribution in [2.45, 2.75) is 6.42 Å². The van der Waals surface area contributed by atoms with Crippen LogP contribution in [-0.4, -0.2) is 30.4 Å². The van der Waals surface area contributed by atoms with Gasteiger partial charge in [0, 0.05) is 20.0 Å². The van der Waals surface area contributed by atoms with Crippen LogP contribution in [0.25, 0.3) is 0 Å². The molecule has 7 heteroatoms. The SMILES string of the molecule is CNC(=O)CCNC(=O)c1cnc(I)s1. The third kappa shape index (κ3) is 4.12. The lowest BCUT2D eigenvalue weighted by Gasteiger charge is -2.01. The average Bonchev–Trinajstić information content (AvgIpc) is 2.64. The molecule has 0 atom stereocenters. The van der Waals surface area contributed by atoms with E-state index in [9.17, 15) is 9.59 Å². The van der Waals surface area contributed by atoms with E-state index in [1.165, 1.54) is 17.5 Å². The maximum absolute atomic E-state index is 11.5. The molecule has 1 aromatic heterocycles. The van der Waals surface area contributed by atoms with Crippen LogP contribution in [0.3, 0.4) is 0 Å². The van der Waals surface area contributed by atoms with Crippen LogP contribution >= 0.6 is 33.9 Å². The summed E-state index contributed by atoms with van der Waals surface area (Å²) < 4.78 is 0.823. The number of nitrogens with zero attached hydrogens (tertiary/aromatic N) is 1. The molecule has 0 unspecified atom stereocenters. The minimum Gasteiger partial charge on any atom is -0.359 e. The Hall–Kier alpha value is -0.700. The highest BCUT2D eigenvalue weighted by molar-refractivity contribution is 14.1. The largest absolute Gasteiger partial charge is 0.359 e. The Labute approximate surface area is 105 Å². The van der Waals surface area contributed by atoms with Gasteiger partial charge in [-0.2, -0.15) is 0 Å². The first-order chi connectivity index (χ1) is 7.13. The second-order valence-electron chi connectivity index (χ2n) is 2.66. The number of thiazole rings is 1. The van der Waals surface area contributed by atoms with Crippen molar-refractivity contribution in [1.29, 1.82) is 0 Å². The van der Waals surface area contributed by atoms with Crippen LogP contribution in [0.4, 0.5) is 0 Å². The van der Waals surface area contributed by atoms with Gasteiger partial charge in [-0.3, -0.25) is 9.59 Å². The van der Waals surface area contributed by atoms with Gasteiger partial charge in [0.05, 0.1) is 6.20 Å². The highest BCUT2D eigenvalue weighted by atomic mass is 127. The smallest absolute Gasteiger partial charge is 0.263 e. The maximum Gasteiger partial charge on any atom is 0.263 e. The normalized spacial score (nSPS) is 9.73. The van der Waals surface area contributed by atoms with E-state index >= 15 is 0 Å². The Morgan fingerprint density at radius 3 is 2.87 bits per heavy atom. The van der Waals surface area contributed by atoms with Crippen LogP contribution in [0.1, 0.15) is 16.1 Å². The number of hydrogen-bond acceptors (Lipinski definition) is 4. The van der Waals surface area contributed by atoms with Crippen molar-refractivity contribution in [2.24, 2.45) is 0 Å². The summed E-state index contributed by atoms with van der Waals surface area (Å²) in [6.07, 6.45) is 1.82. The topological polar surface area (TPSA) is 71.1 Å². The fourth-order valence-corrected chi connectivity index (χ4v) is 2.27. The molecular formula is C8H10IN3O2S. The lowest BCUT2D eigenvalue weighted by atomic mass is 10.4. The molecule has 82 valence electrons. The van der Waals surface area contributed by atoms with Gasteiger partial charge < -0.3 is 10.6 Å². The van der Waals surface area contributed by atoms with E-state index in [1.807, 2.05) is 0 Å². The van der Waals surface area contributed by atoms with Gasteiger partial charge in [0.1, 0.15) is 4.88 Å². The summed E-state index contributed by atoms with van der Waals surface area (Å²) >= 11 is 3.37. The zero-order valence-corrected chi connectivity index (χ0v) is 11.0. The van der Waals surface area contributed by atoms with Crippen molar-refractivity contribution in [3.05, 3.63) is 14.1 Å². The molecule has 0 spiro atoms. The number of carbonyl (C=O) groups excluding carboxylic acids is 2. The monoisotopic (exact) mass is 339 g/mol. The van der Waals surface area contributed by atoms with Crippen LogP contribution in [0.15, 0.2) is 6.20 Å². The third-order valence-electron chi connectivity index (χ3n) is 1.62. The minimum absolute atomic E-state index is 0.0887. The Morgan fingerprint density at radius 2 is 2.33 bits per heavy atom. The Kier molecular flexibility index (Phi) is 4.95. The fourth-order valence-electron chi connectivity index (χ4n) is 0.859. The predicted molar refractivity (Wildman–Crippen MR) is 65.8 cm³/mol. The number of aromatic nitrogens is 1. The van der Waals surface area contributed by atoms with Crippen molar-refractivity contribution in [1.82, 2.24) is 15.6 Å². The molecule has 5 nitrogen and oxygen atoms in total. The molecule has 0 saturated carbocycles. The van der Waals surface area contributed by atoms with Gasteiger partial charge in [0.15, 0.2) is 3.01 Å². The van der Waals surface area contributed by atoms with Crippen molar-refractivity contribution >= 4 is 45.7 Å². The summed E-state index contributed by atoms with van der Waals surface area (Å²) in [5.74, 6) is -0.270. The van der Waals surface area contributed by atoms with E-state index in [4.69, 9.17) is 0 Å². The van der Waals surface area contributed by atoms with E-state index in [-0.39, 0.29) is 18.2 Å². The Morgan fingerprint density at radius 1 is 1.60 bits per heavy atom. The van der Waals surface area contributed by atoms with Gasteiger partial charge in [0.2, 0.25) is 5.91 Å². The van der Waals surface area contributed by atoms with E-state index < -0.39 is 0 Å². The van der Waals surface area contributed by atoms with E-state index in [0.717, 1.165) is 3.01 Å². The molecule has 0 aliphatic carbocycles. The van der Waals surface area contributed by atoms with E-state index in [0.29, 0.717) is 11.4 Å². The van der Waals surface area contributed by atoms with Gasteiger partial charge in [0.25, 0.3) is 5.91 Å². The van der Waals surface area contributed by atoms with Crippen molar-refractivity contribution in [3.8, 4) is 0 Å². The lowest BCUT2D eigenvalue weighted by molar-refractivity contribution is -0.120. The molecule has 1 heterocycles. The van der Waals surface area contributed by atoms with Crippen LogP contribution in [0.5, 0.6) is 0 Å². The van der Waals surface area contributed by atoms with E-state index in [2.05, 4.69) is 38.2 Å². The van der Waals surface area contributed by atoms with Gasteiger partial charge in [-0.1, -0.05) is 0 Å². The van der Waals surface area contributed by atoms with Crippen LogP contribution in [0.2, 0.25) is 0 Å². The lowest BCUT2D eigenvalue weighted by Crippen LogP contribution is -2.28. The fraction of sp³-hybridized carbons (Fsp3) is 0.375. The average molecular weight is 339 g/mol. The van der Waals surface area contributed by atoms with Crippen LogP contribution in [0, 0.1) is 3.01 Å². The zero-order valence-electron chi connectivity index (χ0n) is 8.04. The highest BCUT2D eigenvalue weighted by Gasteiger charge is 2.09. The van der Waals surface area contributed by atoms with Crippen LogP contribution < -0.4 is 10.6 Å². The summed E-state index contributed by atoms with van der Waals surface area (Å²) in [6.45, 7) is 0.340. The molecule has 0 aliphatic heterocycles. The maximum atomic E-state index is 11.5. The number of carbonyl (C=O) groups is 2. The molecule has 1 rings (SSSR count). The zero-order chi connectivity index (χ0) is 11.3. The molecule has 15 heavy (non-hydrogen) atoms. The van der Waals surface area contributed by atoms with Crippen molar-refractivity contribution in [3.63, 3.8) is 0 Å². The summed E-state index contributed by atoms with van der Waals surface area (Å²) in [7, 11) is 1.57. The molecule has 0 bridgehead atoms. The number of halogens is 1. The summed E-state index contributed by atoms with van der Waals surface area (Å²) in [6, 6.07) is 0. The number of hydrogen-bond donors (Lipinski definition) is 2. The first kappa shape index (κ1) is 12.4. The molecule has 0 aromatic carbocycles. The second-order valence-corrected chi connectivity index (χ2v) is 5.44. The molecule has 2 amide bonds. The number of rotatable bonds is 4. The second kappa shape index (κ2) is 6.01. The molecule has 0 radical (unpaired) electrons. The van der Waals surface area contributed by atoms with Crippen molar-refractivity contribution < 1.29 is 9.59 Å². The molecule has 0 fully saturated rings. The van der Waals surface area contributed by atoms with Gasteiger partial charge in [-0.05, 0) is 22.6 Å². The summed E-state index contributed by atoms with van der Waals surface area (Å²) in [5, 5.41) is 5.13. The third-order valence-corrected chi connectivity index (χ3v) is 3.34. The van der Waals surface area contributed by atoms with Gasteiger partial charge in [-0.15, -0.1) is 11.3 Å². The van der Waals surface area contributed by atoms with Crippen LogP contribution in [-0.2, 0) is 4.79 Å². The summed E-state index contributed by atoms with van der Waals surface area (Å²) in [5.41, 5.74) is 0. The minimum atomic E-state index is -0.181. The highest BCUT2D eigenvalue weighted by Crippen LogP contribution is 2.14. The van der Waals surface area contributed by atoms with E-state index in [1.54, 1.807) is 7.05 Å². The summed E-state index contributed by atoms with van der Waals surface area (Å²) in [4.78, 5) is 26.8.